The Morgan fingerprint density at radius 1 is 1.11 bits per heavy atom. The summed E-state index contributed by atoms with van der Waals surface area (Å²) in [6.07, 6.45) is 9.51. The Morgan fingerprint density at radius 3 is 2.78 bits per heavy atom. The molecule has 3 aliphatic rings. The van der Waals surface area contributed by atoms with Crippen molar-refractivity contribution in [3.8, 4) is 0 Å². The van der Waals surface area contributed by atoms with Crippen LogP contribution >= 0.6 is 11.6 Å². The molecule has 0 aromatic heterocycles. The number of carbonyl (C=O) groups is 1. The maximum Gasteiger partial charge on any atom is 0.220 e. The van der Waals surface area contributed by atoms with Crippen LogP contribution in [0.2, 0.25) is 0 Å². The van der Waals surface area contributed by atoms with Crippen molar-refractivity contribution in [1.82, 2.24) is 5.32 Å². The molecule has 0 heterocycles. The molecular weight excluding hydrogens is 246 g/mol. The summed E-state index contributed by atoms with van der Waals surface area (Å²) in [5.41, 5.74) is 0. The maximum atomic E-state index is 11.9. The number of nitrogens with one attached hydrogen (secondary N) is 1. The smallest absolute Gasteiger partial charge is 0.220 e. The predicted molar refractivity (Wildman–Crippen MR) is 73.5 cm³/mol. The third-order valence-electron chi connectivity index (χ3n) is 5.56. The minimum atomic E-state index is 0.257. The van der Waals surface area contributed by atoms with Crippen molar-refractivity contribution in [2.24, 2.45) is 23.7 Å². The Balaban J connectivity index is 1.49. The fourth-order valence-electron chi connectivity index (χ4n) is 4.89. The van der Waals surface area contributed by atoms with Crippen LogP contribution in [0.15, 0.2) is 0 Å². The first-order chi connectivity index (χ1) is 8.79. The van der Waals surface area contributed by atoms with E-state index in [-0.39, 0.29) is 5.91 Å². The second-order valence-electron chi connectivity index (χ2n) is 6.47. The average Bonchev–Trinajstić information content (AvgIpc) is 3.00. The van der Waals surface area contributed by atoms with Gasteiger partial charge in [0.2, 0.25) is 5.91 Å². The number of hydrogen-bond donors (Lipinski definition) is 1. The van der Waals surface area contributed by atoms with E-state index in [1.54, 1.807) is 0 Å². The van der Waals surface area contributed by atoms with Gasteiger partial charge in [0.15, 0.2) is 0 Å². The summed E-state index contributed by atoms with van der Waals surface area (Å²) in [6, 6.07) is 0.498. The Hall–Kier alpha value is -0.240. The Kier molecular flexibility index (Phi) is 3.83. The first kappa shape index (κ1) is 12.8. The molecule has 0 aromatic rings. The van der Waals surface area contributed by atoms with Gasteiger partial charge >= 0.3 is 0 Å². The molecule has 1 amide bonds. The van der Waals surface area contributed by atoms with Crippen molar-refractivity contribution >= 4 is 17.5 Å². The lowest BCUT2D eigenvalue weighted by Crippen LogP contribution is -2.42. The molecule has 0 spiro atoms. The van der Waals surface area contributed by atoms with Crippen molar-refractivity contribution < 1.29 is 4.79 Å². The molecule has 3 fully saturated rings. The minimum Gasteiger partial charge on any atom is -0.353 e. The third kappa shape index (κ3) is 2.29. The van der Waals surface area contributed by atoms with Crippen LogP contribution in [-0.2, 0) is 4.79 Å². The van der Waals surface area contributed by atoms with E-state index in [0.717, 1.165) is 36.5 Å². The molecule has 3 heteroatoms. The van der Waals surface area contributed by atoms with Crippen LogP contribution in [0.5, 0.6) is 0 Å². The molecule has 5 atom stereocenters. The molecule has 102 valence electrons. The van der Waals surface area contributed by atoms with Crippen LogP contribution in [0, 0.1) is 23.7 Å². The zero-order valence-corrected chi connectivity index (χ0v) is 11.8. The minimum absolute atomic E-state index is 0.257. The Morgan fingerprint density at radius 2 is 1.94 bits per heavy atom. The molecule has 3 aliphatic carbocycles. The first-order valence-corrected chi connectivity index (χ1v) is 8.18. The van der Waals surface area contributed by atoms with Gasteiger partial charge in [-0.3, -0.25) is 4.79 Å². The van der Waals surface area contributed by atoms with Gasteiger partial charge in [0, 0.05) is 18.3 Å². The molecule has 5 unspecified atom stereocenters. The van der Waals surface area contributed by atoms with E-state index in [2.05, 4.69) is 5.32 Å². The van der Waals surface area contributed by atoms with E-state index in [1.807, 2.05) is 0 Å². The highest BCUT2D eigenvalue weighted by atomic mass is 35.5. The summed E-state index contributed by atoms with van der Waals surface area (Å²) < 4.78 is 0. The van der Waals surface area contributed by atoms with Crippen molar-refractivity contribution in [2.45, 2.75) is 57.4 Å². The van der Waals surface area contributed by atoms with Crippen molar-refractivity contribution in [1.29, 1.82) is 0 Å². The summed E-state index contributed by atoms with van der Waals surface area (Å²) >= 11 is 5.64. The van der Waals surface area contributed by atoms with Gasteiger partial charge in [0.25, 0.3) is 0 Å². The van der Waals surface area contributed by atoms with Crippen LogP contribution in [0.25, 0.3) is 0 Å². The molecule has 1 N–H and O–H groups in total. The van der Waals surface area contributed by atoms with E-state index in [1.165, 1.54) is 32.1 Å². The summed E-state index contributed by atoms with van der Waals surface area (Å²) in [7, 11) is 0. The van der Waals surface area contributed by atoms with Gasteiger partial charge < -0.3 is 5.32 Å². The maximum absolute atomic E-state index is 11.9. The Bertz CT molecular complexity index is 320. The topological polar surface area (TPSA) is 29.1 Å². The zero-order chi connectivity index (χ0) is 12.5. The normalized spacial score (nSPS) is 41.1. The first-order valence-electron chi connectivity index (χ1n) is 7.65. The zero-order valence-electron chi connectivity index (χ0n) is 11.0. The molecule has 0 aliphatic heterocycles. The lowest BCUT2D eigenvalue weighted by molar-refractivity contribution is -0.122. The van der Waals surface area contributed by atoms with Gasteiger partial charge in [0.1, 0.15) is 0 Å². The monoisotopic (exact) mass is 269 g/mol. The summed E-state index contributed by atoms with van der Waals surface area (Å²) in [4.78, 5) is 11.9. The fraction of sp³-hybridized carbons (Fsp3) is 0.933. The highest BCUT2D eigenvalue weighted by Gasteiger charge is 2.53. The van der Waals surface area contributed by atoms with Crippen molar-refractivity contribution in [3.63, 3.8) is 0 Å². The van der Waals surface area contributed by atoms with E-state index >= 15 is 0 Å². The van der Waals surface area contributed by atoms with Crippen LogP contribution < -0.4 is 5.32 Å². The molecule has 3 rings (SSSR count). The largest absolute Gasteiger partial charge is 0.353 e. The Labute approximate surface area is 115 Å². The number of hydrogen-bond acceptors (Lipinski definition) is 1. The quantitative estimate of drug-likeness (QED) is 0.602. The summed E-state index contributed by atoms with van der Waals surface area (Å²) in [5.74, 6) is 4.61. The van der Waals surface area contributed by atoms with E-state index in [4.69, 9.17) is 11.6 Å². The third-order valence-corrected chi connectivity index (χ3v) is 5.83. The van der Waals surface area contributed by atoms with Gasteiger partial charge in [-0.25, -0.2) is 0 Å². The number of amides is 1. The van der Waals surface area contributed by atoms with Gasteiger partial charge in [-0.05, 0) is 62.2 Å². The lowest BCUT2D eigenvalue weighted by Gasteiger charge is -2.32. The number of alkyl halides is 1. The van der Waals surface area contributed by atoms with Crippen LogP contribution in [0.4, 0.5) is 0 Å². The molecule has 3 saturated carbocycles. The second kappa shape index (κ2) is 5.40. The summed E-state index contributed by atoms with van der Waals surface area (Å²) in [5, 5.41) is 3.30. The molecular formula is C15H24ClNO. The van der Waals surface area contributed by atoms with E-state index in [0.29, 0.717) is 18.3 Å². The van der Waals surface area contributed by atoms with Gasteiger partial charge in [-0.2, -0.15) is 0 Å². The van der Waals surface area contributed by atoms with Gasteiger partial charge in [0.05, 0.1) is 0 Å². The molecule has 0 radical (unpaired) electrons. The van der Waals surface area contributed by atoms with E-state index in [9.17, 15) is 4.79 Å². The molecule has 0 saturated heterocycles. The number of fused-ring (bicyclic) bond motifs is 5. The van der Waals surface area contributed by atoms with Crippen molar-refractivity contribution in [2.75, 3.05) is 5.88 Å². The lowest BCUT2D eigenvalue weighted by atomic mass is 9.79. The fourth-order valence-corrected chi connectivity index (χ4v) is 5.08. The SMILES string of the molecule is O=C(CCCCCl)NC1CC2CC1C1CCCC21. The predicted octanol–water partition coefficient (Wildman–Crippen LogP) is 3.34. The molecule has 18 heavy (non-hydrogen) atoms. The highest BCUT2D eigenvalue weighted by Crippen LogP contribution is 2.58. The molecule has 0 aromatic carbocycles. The highest BCUT2D eigenvalue weighted by molar-refractivity contribution is 6.17. The number of unbranched alkanes of at least 4 members (excludes halogenated alkanes) is 1. The van der Waals surface area contributed by atoms with Gasteiger partial charge in [-0.1, -0.05) is 6.42 Å². The average molecular weight is 270 g/mol. The number of halogens is 1. The summed E-state index contributed by atoms with van der Waals surface area (Å²) in [6.45, 7) is 0. The van der Waals surface area contributed by atoms with Crippen LogP contribution in [0.1, 0.15) is 51.4 Å². The van der Waals surface area contributed by atoms with Crippen LogP contribution in [-0.4, -0.2) is 17.8 Å². The number of carbonyl (C=O) groups excluding carboxylic acids is 1. The van der Waals surface area contributed by atoms with Crippen LogP contribution in [0.3, 0.4) is 0 Å². The number of rotatable bonds is 5. The second-order valence-corrected chi connectivity index (χ2v) is 6.85. The standard InChI is InChI=1S/C15H24ClNO/c16-7-2-1-6-15(18)17-14-9-10-8-13(14)12-5-3-4-11(10)12/h10-14H,1-9H2,(H,17,18). The van der Waals surface area contributed by atoms with E-state index < -0.39 is 0 Å². The molecule has 2 nitrogen and oxygen atoms in total. The van der Waals surface area contributed by atoms with Gasteiger partial charge in [-0.15, -0.1) is 11.6 Å². The van der Waals surface area contributed by atoms with Crippen molar-refractivity contribution in [3.05, 3.63) is 0 Å². The molecule has 2 bridgehead atoms.